The van der Waals surface area contributed by atoms with Gasteiger partial charge in [-0.05, 0) is 99.8 Å². The number of aromatic amines is 1. The van der Waals surface area contributed by atoms with Crippen molar-refractivity contribution in [2.24, 2.45) is 0 Å². The molecule has 3 amide bonds. The van der Waals surface area contributed by atoms with Crippen LogP contribution in [-0.2, 0) is 27.5 Å². The minimum atomic E-state index is -0.754. The van der Waals surface area contributed by atoms with Gasteiger partial charge < -0.3 is 29.7 Å². The Kier molecular flexibility index (Phi) is 11.6. The van der Waals surface area contributed by atoms with Gasteiger partial charge in [0.1, 0.15) is 6.04 Å². The zero-order valence-corrected chi connectivity index (χ0v) is 31.9. The van der Waals surface area contributed by atoms with E-state index in [9.17, 15) is 19.2 Å². The van der Waals surface area contributed by atoms with E-state index in [1.807, 2.05) is 67.4 Å². The summed E-state index contributed by atoms with van der Waals surface area (Å²) in [7, 11) is 2.17. The van der Waals surface area contributed by atoms with Crippen LogP contribution in [-0.4, -0.2) is 124 Å². The summed E-state index contributed by atoms with van der Waals surface area (Å²) in [6.45, 7) is 10.0. The molecule has 7 rings (SSSR count). The van der Waals surface area contributed by atoms with E-state index in [1.165, 1.54) is 0 Å². The zero-order valence-electron chi connectivity index (χ0n) is 31.9. The van der Waals surface area contributed by atoms with E-state index < -0.39 is 6.04 Å². The van der Waals surface area contributed by atoms with Crippen molar-refractivity contribution in [1.82, 2.24) is 39.7 Å². The lowest BCUT2D eigenvalue weighted by Gasteiger charge is -2.43. The van der Waals surface area contributed by atoms with Gasteiger partial charge in [-0.3, -0.25) is 19.3 Å². The molecular formula is C41H54N8O5. The number of carbonyl (C=O) groups excluding carboxylic acids is 3. The van der Waals surface area contributed by atoms with Crippen LogP contribution in [0.2, 0.25) is 0 Å². The lowest BCUT2D eigenvalue weighted by Crippen LogP contribution is -2.59. The van der Waals surface area contributed by atoms with Gasteiger partial charge in [-0.15, -0.1) is 0 Å². The molecule has 3 aliphatic heterocycles. The van der Waals surface area contributed by atoms with E-state index in [2.05, 4.69) is 32.2 Å². The number of piperazine rings is 1. The van der Waals surface area contributed by atoms with Crippen molar-refractivity contribution < 1.29 is 19.1 Å². The van der Waals surface area contributed by atoms with Crippen LogP contribution in [0, 0.1) is 6.92 Å². The third-order valence-corrected chi connectivity index (χ3v) is 11.6. The summed E-state index contributed by atoms with van der Waals surface area (Å²) in [4.78, 5) is 64.8. The topological polar surface area (TPSA) is 136 Å². The molecule has 3 saturated heterocycles. The number of rotatable bonds is 10. The SMILES string of the molecule is CCCC(=O)OCn1cc2cc(CC(NC(=O)N3CCC(c4cc5ccccc5[nH]c4=O)CC3)C(=O)N3CCN(C4CCN(C)CC4)CC3)cc(C)c2n1. The van der Waals surface area contributed by atoms with Gasteiger partial charge in [0.05, 0.1) is 5.52 Å². The number of ether oxygens (including phenoxy) is 1. The van der Waals surface area contributed by atoms with Crippen molar-refractivity contribution >= 4 is 39.7 Å². The van der Waals surface area contributed by atoms with Gasteiger partial charge in [0.25, 0.3) is 5.56 Å². The number of aryl methyl sites for hydroxylation is 1. The number of carbonyl (C=O) groups is 3. The van der Waals surface area contributed by atoms with Gasteiger partial charge in [0.2, 0.25) is 5.91 Å². The fraction of sp³-hybridized carbons (Fsp3) is 0.537. The van der Waals surface area contributed by atoms with Crippen LogP contribution in [0.5, 0.6) is 0 Å². The first kappa shape index (κ1) is 37.6. The second-order valence-corrected chi connectivity index (χ2v) is 15.4. The van der Waals surface area contributed by atoms with Crippen LogP contribution >= 0.6 is 0 Å². The van der Waals surface area contributed by atoms with Crippen molar-refractivity contribution in [2.45, 2.75) is 83.5 Å². The largest absolute Gasteiger partial charge is 0.442 e. The summed E-state index contributed by atoms with van der Waals surface area (Å²) in [5.74, 6) is -0.281. The molecule has 4 aromatic rings. The number of hydrogen-bond acceptors (Lipinski definition) is 8. The Balaban J connectivity index is 1.04. The summed E-state index contributed by atoms with van der Waals surface area (Å²) in [6, 6.07) is 13.3. The molecule has 1 atom stereocenters. The number of benzene rings is 2. The van der Waals surface area contributed by atoms with E-state index in [0.717, 1.165) is 83.9 Å². The van der Waals surface area contributed by atoms with Crippen molar-refractivity contribution in [1.29, 1.82) is 0 Å². The molecule has 0 bridgehead atoms. The van der Waals surface area contributed by atoms with E-state index in [1.54, 1.807) is 9.58 Å². The highest BCUT2D eigenvalue weighted by Crippen LogP contribution is 2.28. The molecule has 0 aliphatic carbocycles. The average Bonchev–Trinajstić information content (AvgIpc) is 3.60. The highest BCUT2D eigenvalue weighted by atomic mass is 16.5. The van der Waals surface area contributed by atoms with Crippen molar-refractivity contribution in [3.05, 3.63) is 75.7 Å². The first-order valence-corrected chi connectivity index (χ1v) is 19.7. The Morgan fingerprint density at radius 1 is 0.926 bits per heavy atom. The number of urea groups is 1. The van der Waals surface area contributed by atoms with E-state index >= 15 is 0 Å². The Labute approximate surface area is 316 Å². The van der Waals surface area contributed by atoms with Crippen LogP contribution in [0.3, 0.4) is 0 Å². The van der Waals surface area contributed by atoms with E-state index in [-0.39, 0.29) is 36.1 Å². The number of para-hydroxylation sites is 1. The lowest BCUT2D eigenvalue weighted by atomic mass is 9.89. The first-order valence-electron chi connectivity index (χ1n) is 19.7. The van der Waals surface area contributed by atoms with Crippen LogP contribution in [0.1, 0.15) is 68.1 Å². The van der Waals surface area contributed by atoms with E-state index in [0.29, 0.717) is 57.9 Å². The van der Waals surface area contributed by atoms with Crippen LogP contribution in [0.15, 0.2) is 53.5 Å². The first-order chi connectivity index (χ1) is 26.1. The van der Waals surface area contributed by atoms with Crippen LogP contribution < -0.4 is 10.9 Å². The van der Waals surface area contributed by atoms with Gasteiger partial charge >= 0.3 is 12.0 Å². The quantitative estimate of drug-likeness (QED) is 0.231. The predicted molar refractivity (Wildman–Crippen MR) is 208 cm³/mol. The zero-order chi connectivity index (χ0) is 37.8. The highest BCUT2D eigenvalue weighted by molar-refractivity contribution is 5.88. The van der Waals surface area contributed by atoms with Crippen molar-refractivity contribution in [2.75, 3.05) is 59.4 Å². The highest BCUT2D eigenvalue weighted by Gasteiger charge is 2.34. The number of hydrogen-bond donors (Lipinski definition) is 2. The monoisotopic (exact) mass is 738 g/mol. The second-order valence-electron chi connectivity index (χ2n) is 15.4. The molecule has 13 nitrogen and oxygen atoms in total. The standard InChI is InChI=1S/C41H54N8O5/c1-4-7-37(50)54-27-49-26-32-23-29(22-28(2)38(32)44-49)24-36(40(52)47-20-18-46(19-21-47)33-12-14-45(3)15-13-33)43-41(53)48-16-10-30(11-17-48)34-25-31-8-5-6-9-35(31)42-39(34)51/h5-6,8-9,22-23,25-26,30,33,36H,4,7,10-21,24,27H2,1-3H3,(H,42,51)(H,43,53). The number of aromatic nitrogens is 3. The fourth-order valence-corrected chi connectivity index (χ4v) is 8.46. The smallest absolute Gasteiger partial charge is 0.318 e. The Hall–Kier alpha value is -4.75. The number of piperidine rings is 2. The normalized spacial score (nSPS) is 18.6. The molecule has 1 unspecified atom stereocenters. The lowest BCUT2D eigenvalue weighted by molar-refractivity contribution is -0.147. The van der Waals surface area contributed by atoms with Crippen LogP contribution in [0.4, 0.5) is 4.79 Å². The van der Waals surface area contributed by atoms with E-state index in [4.69, 9.17) is 4.74 Å². The number of H-pyrrole nitrogens is 1. The van der Waals surface area contributed by atoms with Crippen molar-refractivity contribution in [3.8, 4) is 0 Å². The Morgan fingerprint density at radius 2 is 1.67 bits per heavy atom. The predicted octanol–water partition coefficient (Wildman–Crippen LogP) is 4.23. The molecule has 2 N–H and O–H groups in total. The maximum absolute atomic E-state index is 14.3. The molecule has 2 aromatic heterocycles. The maximum Gasteiger partial charge on any atom is 0.318 e. The molecule has 3 fully saturated rings. The number of esters is 1. The molecule has 288 valence electrons. The van der Waals surface area contributed by atoms with Crippen molar-refractivity contribution in [3.63, 3.8) is 0 Å². The van der Waals surface area contributed by atoms with Gasteiger partial charge in [0, 0.05) is 80.8 Å². The summed E-state index contributed by atoms with van der Waals surface area (Å²) in [6.07, 6.45) is 6.89. The summed E-state index contributed by atoms with van der Waals surface area (Å²) in [5, 5.41) is 9.67. The average molecular weight is 739 g/mol. The molecule has 5 heterocycles. The Morgan fingerprint density at radius 3 is 2.41 bits per heavy atom. The minimum Gasteiger partial charge on any atom is -0.442 e. The number of nitrogens with zero attached hydrogens (tertiary/aromatic N) is 6. The molecule has 0 saturated carbocycles. The van der Waals surface area contributed by atoms with Gasteiger partial charge in [-0.1, -0.05) is 31.2 Å². The number of pyridine rings is 1. The van der Waals surface area contributed by atoms with Gasteiger partial charge in [-0.2, -0.15) is 5.10 Å². The molecule has 3 aliphatic rings. The van der Waals surface area contributed by atoms with Gasteiger partial charge in [0.15, 0.2) is 6.73 Å². The Bertz CT molecular complexity index is 2020. The molecule has 13 heteroatoms. The number of fused-ring (bicyclic) bond motifs is 2. The summed E-state index contributed by atoms with van der Waals surface area (Å²) >= 11 is 0. The third kappa shape index (κ3) is 8.63. The van der Waals surface area contributed by atoms with Gasteiger partial charge in [-0.25, -0.2) is 9.48 Å². The molecule has 54 heavy (non-hydrogen) atoms. The number of amides is 3. The number of nitrogens with one attached hydrogen (secondary N) is 2. The fourth-order valence-electron chi connectivity index (χ4n) is 8.46. The minimum absolute atomic E-state index is 0.0366. The third-order valence-electron chi connectivity index (χ3n) is 11.6. The molecule has 0 radical (unpaired) electrons. The molecule has 0 spiro atoms. The summed E-state index contributed by atoms with van der Waals surface area (Å²) in [5.41, 5.74) is 4.16. The summed E-state index contributed by atoms with van der Waals surface area (Å²) < 4.78 is 7.00. The number of likely N-dealkylation sites (tertiary alicyclic amines) is 2. The molecular weight excluding hydrogens is 685 g/mol. The van der Waals surface area contributed by atoms with Crippen LogP contribution in [0.25, 0.3) is 21.8 Å². The maximum atomic E-state index is 14.3. The second kappa shape index (κ2) is 16.7. The molecule has 2 aromatic carbocycles.